The summed E-state index contributed by atoms with van der Waals surface area (Å²) in [5, 5.41) is 13.1. The number of carbonyl (C=O) groups is 2. The molecule has 1 aliphatic heterocycles. The molecule has 0 atom stereocenters. The van der Waals surface area contributed by atoms with Crippen molar-refractivity contribution in [1.29, 1.82) is 0 Å². The summed E-state index contributed by atoms with van der Waals surface area (Å²) >= 11 is 0. The van der Waals surface area contributed by atoms with Crippen LogP contribution in [0.5, 0.6) is 17.2 Å². The number of fused-ring (bicyclic) bond motifs is 1. The first-order valence-corrected chi connectivity index (χ1v) is 9.92. The van der Waals surface area contributed by atoms with Crippen LogP contribution < -0.4 is 30.6 Å². The summed E-state index contributed by atoms with van der Waals surface area (Å²) in [4.78, 5) is 24.9. The van der Waals surface area contributed by atoms with Crippen LogP contribution in [0.15, 0.2) is 42.5 Å². The minimum absolute atomic E-state index is 0.0126. The molecular formula is C21H22N6O5. The van der Waals surface area contributed by atoms with Gasteiger partial charge in [0.05, 0.1) is 12.3 Å². The number of benzene rings is 2. The first kappa shape index (κ1) is 21.0. The van der Waals surface area contributed by atoms with Crippen molar-refractivity contribution in [3.05, 3.63) is 53.7 Å². The number of aromatic nitrogens is 3. The predicted octanol–water partition coefficient (Wildman–Crippen LogP) is 1.56. The lowest BCUT2D eigenvalue weighted by molar-refractivity contribution is -0.116. The molecule has 2 aromatic carbocycles. The third-order valence-electron chi connectivity index (χ3n) is 4.63. The Labute approximate surface area is 183 Å². The van der Waals surface area contributed by atoms with Gasteiger partial charge in [0.25, 0.3) is 5.91 Å². The standard InChI is InChI=1S/C21H22N6O5/c1-2-30-15-6-4-3-5-14(15)24-18(28)11-27-20(22)19(25-26-27)21(29)23-10-13-7-8-16-17(9-13)32-12-31-16/h3-9H,2,10-12,22H2,1H3,(H,23,29)(H,24,28). The van der Waals surface area contributed by atoms with Crippen molar-refractivity contribution >= 4 is 23.3 Å². The highest BCUT2D eigenvalue weighted by molar-refractivity contribution is 5.97. The summed E-state index contributed by atoms with van der Waals surface area (Å²) in [6.07, 6.45) is 0. The number of hydrogen-bond acceptors (Lipinski definition) is 8. The van der Waals surface area contributed by atoms with E-state index in [9.17, 15) is 9.59 Å². The van der Waals surface area contributed by atoms with Gasteiger partial charge in [0.2, 0.25) is 12.7 Å². The van der Waals surface area contributed by atoms with Crippen LogP contribution >= 0.6 is 0 Å². The first-order valence-electron chi connectivity index (χ1n) is 9.92. The molecule has 0 fully saturated rings. The Morgan fingerprint density at radius 2 is 2.00 bits per heavy atom. The molecule has 0 bridgehead atoms. The van der Waals surface area contributed by atoms with Crippen LogP contribution in [-0.2, 0) is 17.9 Å². The largest absolute Gasteiger partial charge is 0.492 e. The average Bonchev–Trinajstić information content (AvgIpc) is 3.40. The van der Waals surface area contributed by atoms with Gasteiger partial charge >= 0.3 is 0 Å². The number of carbonyl (C=O) groups excluding carboxylic acids is 2. The van der Waals surface area contributed by atoms with E-state index in [0.29, 0.717) is 29.5 Å². The molecule has 11 heteroatoms. The fourth-order valence-corrected chi connectivity index (χ4v) is 3.09. The molecule has 4 N–H and O–H groups in total. The maximum atomic E-state index is 12.5. The van der Waals surface area contributed by atoms with Crippen LogP contribution in [0.25, 0.3) is 0 Å². The minimum atomic E-state index is -0.506. The zero-order valence-electron chi connectivity index (χ0n) is 17.3. The molecule has 0 saturated carbocycles. The third-order valence-corrected chi connectivity index (χ3v) is 4.63. The summed E-state index contributed by atoms with van der Waals surface area (Å²) < 4.78 is 17.2. The SMILES string of the molecule is CCOc1ccccc1NC(=O)Cn1nnc(C(=O)NCc2ccc3c(c2)OCO3)c1N. The van der Waals surface area contributed by atoms with Gasteiger partial charge in [-0.2, -0.15) is 0 Å². The number of nitrogens with two attached hydrogens (primary N) is 1. The maximum absolute atomic E-state index is 12.5. The summed E-state index contributed by atoms with van der Waals surface area (Å²) in [5.74, 6) is 0.933. The maximum Gasteiger partial charge on any atom is 0.275 e. The Morgan fingerprint density at radius 3 is 2.84 bits per heavy atom. The van der Waals surface area contributed by atoms with Gasteiger partial charge < -0.3 is 30.6 Å². The molecule has 1 aliphatic rings. The van der Waals surface area contributed by atoms with Crippen molar-refractivity contribution in [2.24, 2.45) is 0 Å². The van der Waals surface area contributed by atoms with Gasteiger partial charge in [-0.15, -0.1) is 5.10 Å². The van der Waals surface area contributed by atoms with E-state index in [2.05, 4.69) is 20.9 Å². The number of nitrogen functional groups attached to an aromatic ring is 1. The van der Waals surface area contributed by atoms with Crippen LogP contribution in [-0.4, -0.2) is 40.2 Å². The molecule has 32 heavy (non-hydrogen) atoms. The molecule has 1 aromatic heterocycles. The second-order valence-corrected chi connectivity index (χ2v) is 6.83. The average molecular weight is 438 g/mol. The van der Waals surface area contributed by atoms with E-state index in [1.54, 1.807) is 30.3 Å². The Kier molecular flexibility index (Phi) is 6.06. The van der Waals surface area contributed by atoms with Gasteiger partial charge in [-0.1, -0.05) is 23.4 Å². The predicted molar refractivity (Wildman–Crippen MR) is 114 cm³/mol. The third kappa shape index (κ3) is 4.56. The van der Waals surface area contributed by atoms with E-state index < -0.39 is 5.91 Å². The van der Waals surface area contributed by atoms with E-state index in [1.807, 2.05) is 19.1 Å². The lowest BCUT2D eigenvalue weighted by Crippen LogP contribution is -2.25. The van der Waals surface area contributed by atoms with Crippen LogP contribution in [0.2, 0.25) is 0 Å². The van der Waals surface area contributed by atoms with Gasteiger partial charge in [0.1, 0.15) is 12.3 Å². The number of nitrogens with one attached hydrogen (secondary N) is 2. The van der Waals surface area contributed by atoms with Crippen molar-refractivity contribution < 1.29 is 23.8 Å². The summed E-state index contributed by atoms with van der Waals surface area (Å²) in [5.41, 5.74) is 7.29. The fraction of sp³-hybridized carbons (Fsp3) is 0.238. The summed E-state index contributed by atoms with van der Waals surface area (Å²) in [6.45, 7) is 2.52. The molecule has 166 valence electrons. The number of para-hydroxylation sites is 2. The molecule has 0 aliphatic carbocycles. The van der Waals surface area contributed by atoms with Crippen LogP contribution in [0.3, 0.4) is 0 Å². The molecule has 2 amide bonds. The van der Waals surface area contributed by atoms with Gasteiger partial charge in [-0.25, -0.2) is 4.68 Å². The van der Waals surface area contributed by atoms with E-state index in [0.717, 1.165) is 10.2 Å². The van der Waals surface area contributed by atoms with Crippen molar-refractivity contribution in [3.8, 4) is 17.2 Å². The number of nitrogens with zero attached hydrogens (tertiary/aromatic N) is 3. The van der Waals surface area contributed by atoms with E-state index in [4.69, 9.17) is 19.9 Å². The lowest BCUT2D eigenvalue weighted by Gasteiger charge is -2.11. The van der Waals surface area contributed by atoms with E-state index >= 15 is 0 Å². The topological polar surface area (TPSA) is 143 Å². The fourth-order valence-electron chi connectivity index (χ4n) is 3.09. The van der Waals surface area contributed by atoms with Crippen molar-refractivity contribution in [2.45, 2.75) is 20.0 Å². The normalized spacial score (nSPS) is 11.8. The number of hydrogen-bond donors (Lipinski definition) is 3. The van der Waals surface area contributed by atoms with Crippen molar-refractivity contribution in [1.82, 2.24) is 20.3 Å². The monoisotopic (exact) mass is 438 g/mol. The number of ether oxygens (including phenoxy) is 3. The second kappa shape index (κ2) is 9.25. The van der Waals surface area contributed by atoms with E-state index in [1.165, 1.54) is 0 Å². The highest BCUT2D eigenvalue weighted by Gasteiger charge is 2.20. The van der Waals surface area contributed by atoms with Crippen LogP contribution in [0.4, 0.5) is 11.5 Å². The Hall–Kier alpha value is -4.28. The Bertz CT molecular complexity index is 1150. The lowest BCUT2D eigenvalue weighted by atomic mass is 10.2. The minimum Gasteiger partial charge on any atom is -0.492 e. The van der Waals surface area contributed by atoms with Gasteiger partial charge in [0, 0.05) is 6.54 Å². The second-order valence-electron chi connectivity index (χ2n) is 6.83. The highest BCUT2D eigenvalue weighted by atomic mass is 16.7. The smallest absolute Gasteiger partial charge is 0.275 e. The number of anilines is 2. The molecule has 0 radical (unpaired) electrons. The number of rotatable bonds is 8. The molecule has 0 unspecified atom stereocenters. The molecule has 0 saturated heterocycles. The summed E-state index contributed by atoms with van der Waals surface area (Å²) in [6, 6.07) is 12.5. The quantitative estimate of drug-likeness (QED) is 0.481. The van der Waals surface area contributed by atoms with E-state index in [-0.39, 0.29) is 37.3 Å². The van der Waals surface area contributed by atoms with Gasteiger partial charge in [-0.3, -0.25) is 9.59 Å². The molecule has 3 aromatic rings. The Morgan fingerprint density at radius 1 is 1.19 bits per heavy atom. The van der Waals surface area contributed by atoms with Crippen LogP contribution in [0.1, 0.15) is 23.0 Å². The highest BCUT2D eigenvalue weighted by Crippen LogP contribution is 2.32. The molecular weight excluding hydrogens is 416 g/mol. The molecule has 11 nitrogen and oxygen atoms in total. The first-order chi connectivity index (χ1) is 15.5. The van der Waals surface area contributed by atoms with Crippen molar-refractivity contribution in [2.75, 3.05) is 24.5 Å². The molecule has 0 spiro atoms. The van der Waals surface area contributed by atoms with Gasteiger partial charge in [-0.05, 0) is 36.8 Å². The van der Waals surface area contributed by atoms with Crippen LogP contribution in [0, 0.1) is 0 Å². The van der Waals surface area contributed by atoms with Gasteiger partial charge in [0.15, 0.2) is 23.0 Å². The zero-order valence-corrected chi connectivity index (χ0v) is 17.3. The van der Waals surface area contributed by atoms with Crippen molar-refractivity contribution in [3.63, 3.8) is 0 Å². The summed E-state index contributed by atoms with van der Waals surface area (Å²) in [7, 11) is 0. The zero-order chi connectivity index (χ0) is 22.5. The Balaban J connectivity index is 1.36. The number of amides is 2. The molecule has 4 rings (SSSR count). The molecule has 2 heterocycles.